The van der Waals surface area contributed by atoms with E-state index in [1.807, 2.05) is 0 Å². The minimum absolute atomic E-state index is 0.00746. The van der Waals surface area contributed by atoms with Crippen LogP contribution in [0.5, 0.6) is 11.5 Å². The van der Waals surface area contributed by atoms with Crippen molar-refractivity contribution in [1.29, 1.82) is 0 Å². The van der Waals surface area contributed by atoms with Crippen LogP contribution in [-0.2, 0) is 4.79 Å². The largest absolute Gasteiger partial charge is 0.619 e. The van der Waals surface area contributed by atoms with E-state index in [9.17, 15) is 32.0 Å². The number of likely N-dealkylation sites (tertiary alicyclic amines) is 1. The average Bonchev–Trinajstić information content (AvgIpc) is 2.85. The minimum Gasteiger partial charge on any atom is -0.619 e. The standard InChI is InChI=1S/C24H21F5N4O3/c1-14(32-11-8-24(28,29)17(13-32)15-6-9-33(35)10-7-15)23(34)31-20-5-2-16(12-30-20)36-19-4-3-18(25)21(26)22(19)27/h2-7,9-10,12,14,17H,8,11,13H2,1H3,(H,30,31,34)/t14?,17-/m1/s1. The molecule has 4 rings (SSSR count). The fraction of sp³-hybridized carbons (Fsp3) is 0.292. The molecule has 2 atom stereocenters. The van der Waals surface area contributed by atoms with Gasteiger partial charge in [-0.05, 0) is 36.8 Å². The molecule has 2 aromatic heterocycles. The lowest BCUT2D eigenvalue weighted by atomic mass is 9.87. The molecule has 7 nitrogen and oxygen atoms in total. The van der Waals surface area contributed by atoms with Gasteiger partial charge in [0, 0.05) is 31.6 Å². The minimum atomic E-state index is -2.99. The molecule has 1 aliphatic heterocycles. The summed E-state index contributed by atoms with van der Waals surface area (Å²) < 4.78 is 75.1. The first kappa shape index (κ1) is 25.3. The molecule has 1 saturated heterocycles. The Balaban J connectivity index is 1.39. The van der Waals surface area contributed by atoms with E-state index in [0.29, 0.717) is 10.3 Å². The fourth-order valence-electron chi connectivity index (χ4n) is 3.91. The third-order valence-electron chi connectivity index (χ3n) is 6.03. The highest BCUT2D eigenvalue weighted by molar-refractivity contribution is 5.93. The zero-order chi connectivity index (χ0) is 26.0. The third-order valence-corrected chi connectivity index (χ3v) is 6.03. The average molecular weight is 508 g/mol. The highest BCUT2D eigenvalue weighted by Crippen LogP contribution is 2.40. The summed E-state index contributed by atoms with van der Waals surface area (Å²) in [6.45, 7) is 1.48. The van der Waals surface area contributed by atoms with E-state index in [-0.39, 0.29) is 24.7 Å². The zero-order valence-electron chi connectivity index (χ0n) is 18.9. The van der Waals surface area contributed by atoms with Crippen molar-refractivity contribution in [2.75, 3.05) is 18.4 Å². The molecule has 3 heterocycles. The monoisotopic (exact) mass is 508 g/mol. The van der Waals surface area contributed by atoms with Gasteiger partial charge in [0.15, 0.2) is 29.8 Å². The Labute approximate surface area is 202 Å². The second kappa shape index (κ2) is 10.1. The van der Waals surface area contributed by atoms with Crippen LogP contribution >= 0.6 is 0 Å². The number of carbonyl (C=O) groups is 1. The van der Waals surface area contributed by atoms with Gasteiger partial charge in [-0.25, -0.2) is 22.5 Å². The van der Waals surface area contributed by atoms with Crippen molar-refractivity contribution in [3.63, 3.8) is 0 Å². The molecule has 3 aromatic rings. The first-order chi connectivity index (χ1) is 17.0. The van der Waals surface area contributed by atoms with Gasteiger partial charge in [-0.2, -0.15) is 9.12 Å². The molecule has 1 fully saturated rings. The summed E-state index contributed by atoms with van der Waals surface area (Å²) >= 11 is 0. The number of ether oxygens (including phenoxy) is 1. The number of piperidine rings is 1. The van der Waals surface area contributed by atoms with E-state index in [0.717, 1.165) is 30.7 Å². The summed E-state index contributed by atoms with van der Waals surface area (Å²) in [6.07, 6.45) is 3.00. The molecular weight excluding hydrogens is 487 g/mol. The van der Waals surface area contributed by atoms with Crippen LogP contribution in [-0.4, -0.2) is 40.8 Å². The van der Waals surface area contributed by atoms with Gasteiger partial charge in [0.2, 0.25) is 11.7 Å². The number of nitrogens with one attached hydrogen (secondary N) is 1. The number of hydrogen-bond donors (Lipinski definition) is 1. The van der Waals surface area contributed by atoms with Crippen LogP contribution in [0.2, 0.25) is 0 Å². The number of amides is 1. The SMILES string of the molecule is CC(C(=O)Nc1ccc(Oc2ccc(F)c(F)c2F)cn1)N1CCC(F)(F)[C@@H](c2cc[n+]([O-])cc2)C1. The fourth-order valence-corrected chi connectivity index (χ4v) is 3.91. The van der Waals surface area contributed by atoms with E-state index in [1.165, 1.54) is 24.3 Å². The van der Waals surface area contributed by atoms with Crippen molar-refractivity contribution < 1.29 is 36.2 Å². The Kier molecular flexibility index (Phi) is 7.07. The number of benzene rings is 1. The van der Waals surface area contributed by atoms with Crippen LogP contribution in [0.4, 0.5) is 27.8 Å². The van der Waals surface area contributed by atoms with Crippen molar-refractivity contribution in [2.24, 2.45) is 0 Å². The lowest BCUT2D eigenvalue weighted by Crippen LogP contribution is -2.52. The van der Waals surface area contributed by atoms with E-state index >= 15 is 0 Å². The number of alkyl halides is 2. The highest BCUT2D eigenvalue weighted by atomic mass is 19.3. The van der Waals surface area contributed by atoms with Crippen LogP contribution in [0.1, 0.15) is 24.8 Å². The molecule has 1 N–H and O–H groups in total. The molecule has 1 aliphatic rings. The quantitative estimate of drug-likeness (QED) is 0.231. The third kappa shape index (κ3) is 5.38. The van der Waals surface area contributed by atoms with Crippen molar-refractivity contribution >= 4 is 11.7 Å². The van der Waals surface area contributed by atoms with Crippen LogP contribution < -0.4 is 14.8 Å². The first-order valence-electron chi connectivity index (χ1n) is 10.9. The van der Waals surface area contributed by atoms with Gasteiger partial charge in [0.05, 0.1) is 18.2 Å². The zero-order valence-corrected chi connectivity index (χ0v) is 18.9. The lowest BCUT2D eigenvalue weighted by Gasteiger charge is -2.40. The molecule has 0 saturated carbocycles. The Bertz CT molecular complexity index is 1240. The summed E-state index contributed by atoms with van der Waals surface area (Å²) in [5.74, 6) is -9.60. The van der Waals surface area contributed by atoms with Crippen molar-refractivity contribution in [3.05, 3.63) is 83.2 Å². The van der Waals surface area contributed by atoms with Crippen molar-refractivity contribution in [3.8, 4) is 11.5 Å². The number of hydrogen-bond acceptors (Lipinski definition) is 5. The highest BCUT2D eigenvalue weighted by Gasteiger charge is 2.46. The van der Waals surface area contributed by atoms with Crippen LogP contribution in [0, 0.1) is 22.7 Å². The molecule has 12 heteroatoms. The normalized spacial score (nSPS) is 18.4. The number of pyridine rings is 2. The summed E-state index contributed by atoms with van der Waals surface area (Å²) in [5, 5.41) is 13.8. The number of nitrogens with zero attached hydrogens (tertiary/aromatic N) is 3. The summed E-state index contributed by atoms with van der Waals surface area (Å²) in [7, 11) is 0. The van der Waals surface area contributed by atoms with Gasteiger partial charge in [0.25, 0.3) is 5.92 Å². The van der Waals surface area contributed by atoms with Gasteiger partial charge >= 0.3 is 0 Å². The molecule has 1 amide bonds. The molecule has 190 valence electrons. The van der Waals surface area contributed by atoms with Crippen molar-refractivity contribution in [2.45, 2.75) is 31.2 Å². The van der Waals surface area contributed by atoms with E-state index < -0.39 is 53.4 Å². The molecule has 1 aromatic carbocycles. The molecule has 0 spiro atoms. The van der Waals surface area contributed by atoms with Crippen molar-refractivity contribution in [1.82, 2.24) is 9.88 Å². The number of anilines is 1. The van der Waals surface area contributed by atoms with Crippen LogP contribution in [0.15, 0.2) is 55.0 Å². The number of aromatic nitrogens is 2. The molecular formula is C24H21F5N4O3. The van der Waals surface area contributed by atoms with Crippen LogP contribution in [0.25, 0.3) is 0 Å². The molecule has 36 heavy (non-hydrogen) atoms. The predicted octanol–water partition coefficient (Wildman–Crippen LogP) is 4.38. The second-order valence-electron chi connectivity index (χ2n) is 8.37. The van der Waals surface area contributed by atoms with Gasteiger partial charge in [-0.3, -0.25) is 9.69 Å². The first-order valence-corrected chi connectivity index (χ1v) is 10.9. The number of carbonyl (C=O) groups excluding carboxylic acids is 1. The Morgan fingerprint density at radius 1 is 1.17 bits per heavy atom. The van der Waals surface area contributed by atoms with Gasteiger partial charge < -0.3 is 15.3 Å². The van der Waals surface area contributed by atoms with E-state index in [2.05, 4.69) is 10.3 Å². The topological polar surface area (TPSA) is 81.4 Å². The van der Waals surface area contributed by atoms with Gasteiger partial charge in [0.1, 0.15) is 11.6 Å². The van der Waals surface area contributed by atoms with Crippen LogP contribution in [0.3, 0.4) is 0 Å². The number of halogens is 5. The molecule has 0 radical (unpaired) electrons. The Hall–Kier alpha value is -3.80. The molecule has 0 bridgehead atoms. The maximum atomic E-state index is 14.6. The Morgan fingerprint density at radius 2 is 1.89 bits per heavy atom. The van der Waals surface area contributed by atoms with Gasteiger partial charge in [-0.1, -0.05) is 0 Å². The summed E-state index contributed by atoms with van der Waals surface area (Å²) in [4.78, 5) is 18.4. The maximum absolute atomic E-state index is 14.6. The lowest BCUT2D eigenvalue weighted by molar-refractivity contribution is -0.605. The molecule has 1 unspecified atom stereocenters. The number of rotatable bonds is 6. The second-order valence-corrected chi connectivity index (χ2v) is 8.37. The Morgan fingerprint density at radius 3 is 2.56 bits per heavy atom. The van der Waals surface area contributed by atoms with E-state index in [1.54, 1.807) is 11.8 Å². The smallest absolute Gasteiger partial charge is 0.257 e. The van der Waals surface area contributed by atoms with E-state index in [4.69, 9.17) is 4.74 Å². The summed E-state index contributed by atoms with van der Waals surface area (Å²) in [6, 6.07) is 6.26. The molecule has 0 aliphatic carbocycles. The predicted molar refractivity (Wildman–Crippen MR) is 118 cm³/mol. The summed E-state index contributed by atoms with van der Waals surface area (Å²) in [5.41, 5.74) is 0.305. The van der Waals surface area contributed by atoms with Gasteiger partial charge in [-0.15, -0.1) is 0 Å². The maximum Gasteiger partial charge on any atom is 0.257 e.